The highest BCUT2D eigenvalue weighted by Crippen LogP contribution is 2.48. The summed E-state index contributed by atoms with van der Waals surface area (Å²) in [5, 5.41) is 11.9. The second kappa shape index (κ2) is 13.3. The van der Waals surface area contributed by atoms with Crippen LogP contribution in [0.5, 0.6) is 5.75 Å². The van der Waals surface area contributed by atoms with Crippen LogP contribution < -0.4 is 14.8 Å². The summed E-state index contributed by atoms with van der Waals surface area (Å²) >= 11 is 4.64. The van der Waals surface area contributed by atoms with E-state index in [1.165, 1.54) is 34.3 Å². The minimum absolute atomic E-state index is 0.0878. The van der Waals surface area contributed by atoms with Gasteiger partial charge in [0.1, 0.15) is 24.1 Å². The highest BCUT2D eigenvalue weighted by molar-refractivity contribution is 6.15. The van der Waals surface area contributed by atoms with Crippen molar-refractivity contribution in [3.8, 4) is 28.2 Å². The number of anilines is 1. The Balaban J connectivity index is 0.00000102. The van der Waals surface area contributed by atoms with Crippen molar-refractivity contribution in [3.05, 3.63) is 95.3 Å². The molecule has 4 nitrogen and oxygen atoms in total. The number of alkyl halides is 1. The highest BCUT2D eigenvalue weighted by Gasteiger charge is 2.36. The van der Waals surface area contributed by atoms with E-state index in [1.54, 1.807) is 12.1 Å². The number of aryl methyl sites for hydroxylation is 1. The van der Waals surface area contributed by atoms with Gasteiger partial charge in [-0.2, -0.15) is 4.58 Å². The molecule has 2 aliphatic heterocycles. The van der Waals surface area contributed by atoms with Gasteiger partial charge in [-0.25, -0.2) is 0 Å². The van der Waals surface area contributed by atoms with Crippen molar-refractivity contribution in [2.75, 3.05) is 24.9 Å². The molecule has 1 aliphatic carbocycles. The van der Waals surface area contributed by atoms with Gasteiger partial charge in [0, 0.05) is 64.9 Å². The average molecular weight is 598 g/mol. The number of rotatable bonds is 3. The van der Waals surface area contributed by atoms with Crippen molar-refractivity contribution in [1.29, 1.82) is 0 Å². The fourth-order valence-corrected chi connectivity index (χ4v) is 6.63. The van der Waals surface area contributed by atoms with Crippen molar-refractivity contribution in [2.24, 2.45) is 0 Å². The Kier molecular flexibility index (Phi) is 9.92. The minimum atomic E-state index is 0.0878. The van der Waals surface area contributed by atoms with E-state index in [0.717, 1.165) is 46.3 Å². The van der Waals surface area contributed by atoms with Crippen molar-refractivity contribution < 1.29 is 9.52 Å². The molecule has 1 atom stereocenters. The van der Waals surface area contributed by atoms with E-state index in [-0.39, 0.29) is 11.3 Å². The molecule has 0 aromatic heterocycles. The average Bonchev–Trinajstić information content (AvgIpc) is 3.01. The van der Waals surface area contributed by atoms with E-state index in [1.807, 2.05) is 33.0 Å². The zero-order valence-corrected chi connectivity index (χ0v) is 27.9. The smallest absolute Gasteiger partial charge is 0.209 e. The topological polar surface area (TPSA) is 39.6 Å². The number of nitrogens with zero attached hydrogens (tertiary/aromatic N) is 2. The molecule has 0 saturated carbocycles. The second-order valence-corrected chi connectivity index (χ2v) is 11.6. The van der Waals surface area contributed by atoms with Gasteiger partial charge < -0.3 is 14.4 Å². The predicted octanol–water partition coefficient (Wildman–Crippen LogP) is 9.95. The van der Waals surface area contributed by atoms with Crippen molar-refractivity contribution in [2.45, 2.75) is 66.3 Å². The molecule has 3 aromatic rings. The number of benzene rings is 4. The summed E-state index contributed by atoms with van der Waals surface area (Å²) in [7, 11) is 2.04. The van der Waals surface area contributed by atoms with E-state index in [2.05, 4.69) is 110 Å². The lowest BCUT2D eigenvalue weighted by atomic mass is 9.79. The van der Waals surface area contributed by atoms with Gasteiger partial charge in [0.15, 0.2) is 0 Å². The Morgan fingerprint density at radius 1 is 0.953 bits per heavy atom. The highest BCUT2D eigenvalue weighted by atomic mass is 35.5. The van der Waals surface area contributed by atoms with E-state index >= 15 is 0 Å². The maximum absolute atomic E-state index is 9.74. The summed E-state index contributed by atoms with van der Waals surface area (Å²) in [6.07, 6.45) is 2.59. The molecule has 5 heteroatoms. The number of phenols is 1. The minimum Gasteiger partial charge on any atom is -0.508 e. The number of phenolic OH excluding ortho intramolecular Hbond substituents is 1. The maximum atomic E-state index is 9.74. The van der Waals surface area contributed by atoms with Crippen LogP contribution in [0.2, 0.25) is 0 Å². The van der Waals surface area contributed by atoms with Crippen LogP contribution in [-0.4, -0.2) is 30.6 Å². The second-order valence-electron chi connectivity index (χ2n) is 11.6. The van der Waals surface area contributed by atoms with Gasteiger partial charge >= 0.3 is 0 Å². The lowest BCUT2D eigenvalue weighted by Crippen LogP contribution is -2.48. The normalized spacial score (nSPS) is 16.0. The lowest BCUT2D eigenvalue weighted by molar-refractivity contribution is 0.381. The van der Waals surface area contributed by atoms with Gasteiger partial charge in [0.25, 0.3) is 0 Å². The number of hydrogen-bond acceptors (Lipinski definition) is 3. The molecule has 1 unspecified atom stereocenters. The molecule has 0 radical (unpaired) electrons. The molecule has 0 amide bonds. The van der Waals surface area contributed by atoms with Crippen LogP contribution >= 0.6 is 11.6 Å². The van der Waals surface area contributed by atoms with Gasteiger partial charge in [-0.1, -0.05) is 45.0 Å². The summed E-state index contributed by atoms with van der Waals surface area (Å²) in [6, 6.07) is 27.1. The summed E-state index contributed by atoms with van der Waals surface area (Å²) in [5.41, 5.74) is 9.49. The molecule has 3 aliphatic rings. The van der Waals surface area contributed by atoms with Crippen LogP contribution in [0.3, 0.4) is 0 Å². The van der Waals surface area contributed by atoms with Crippen LogP contribution in [0.25, 0.3) is 33.4 Å². The first-order valence-corrected chi connectivity index (χ1v) is 16.1. The molecule has 0 saturated heterocycles. The predicted molar refractivity (Wildman–Crippen MR) is 185 cm³/mol. The first kappa shape index (κ1) is 32.2. The number of halogens is 1. The first-order valence-electron chi connectivity index (χ1n) is 15.3. The third kappa shape index (κ3) is 6.03. The zero-order valence-electron chi connectivity index (χ0n) is 27.1. The van der Waals surface area contributed by atoms with Crippen molar-refractivity contribution in [1.82, 2.24) is 4.58 Å². The van der Waals surface area contributed by atoms with Crippen molar-refractivity contribution in [3.63, 3.8) is 0 Å². The molecule has 43 heavy (non-hydrogen) atoms. The summed E-state index contributed by atoms with van der Waals surface area (Å²) < 4.78 is 8.88. The van der Waals surface area contributed by atoms with Gasteiger partial charge in [-0.05, 0) is 81.0 Å². The Morgan fingerprint density at radius 3 is 2.28 bits per heavy atom. The molecule has 6 rings (SSSR count). The first-order chi connectivity index (χ1) is 20.7. The third-order valence-corrected chi connectivity index (χ3v) is 8.57. The van der Waals surface area contributed by atoms with Crippen LogP contribution in [0.15, 0.2) is 83.3 Å². The van der Waals surface area contributed by atoms with E-state index in [0.29, 0.717) is 5.92 Å². The van der Waals surface area contributed by atoms with Gasteiger partial charge in [0.05, 0.1) is 6.07 Å². The number of hydrogen-bond donors (Lipinski definition) is 1. The fourth-order valence-electron chi connectivity index (χ4n) is 6.63. The third-order valence-electron chi connectivity index (χ3n) is 8.57. The number of aromatic hydroxyl groups is 1. The Hall–Kier alpha value is -3.76. The molecule has 2 heterocycles. The maximum Gasteiger partial charge on any atom is 0.209 e. The van der Waals surface area contributed by atoms with Crippen molar-refractivity contribution >= 4 is 33.9 Å². The van der Waals surface area contributed by atoms with Gasteiger partial charge in [0.2, 0.25) is 11.0 Å². The SMILES string of the molecule is CC.CCN1c2cc3oc4cc(=[N+](C)c5ccc(O)cc5)ccc-4c(-c4ccccc4C)c3cc2C(C)CC1(C)C.CCl. The van der Waals surface area contributed by atoms with Gasteiger partial charge in [-0.3, -0.25) is 0 Å². The fraction of sp³-hybridized carbons (Fsp3) is 0.342. The lowest BCUT2D eigenvalue weighted by Gasteiger charge is -2.47. The molecular weight excluding hydrogens is 552 g/mol. The monoisotopic (exact) mass is 597 g/mol. The molecule has 3 aromatic carbocycles. The Morgan fingerprint density at radius 2 is 1.63 bits per heavy atom. The molecule has 0 fully saturated rings. The van der Waals surface area contributed by atoms with Crippen LogP contribution in [0, 0.1) is 6.92 Å². The van der Waals surface area contributed by atoms with Gasteiger partial charge in [-0.15, -0.1) is 11.6 Å². The zero-order chi connectivity index (χ0) is 31.5. The Labute approximate surface area is 262 Å². The summed E-state index contributed by atoms with van der Waals surface area (Å²) in [5.74, 6) is 1.58. The summed E-state index contributed by atoms with van der Waals surface area (Å²) in [6.45, 7) is 16.4. The standard InChI is InChI=1S/C35H36N2O2.C2H6.CH3Cl/c1-7-37-31-20-33-30(19-29(31)23(3)21-35(37,4)5)34(27-11-9-8-10-22(27)2)28-17-14-25(18-32(28)39-33)36(6)24-12-15-26(38)16-13-24;2*1-2/h8-20,23H,7,21H2,1-6H3;1-2H3;1H3/p+1. The molecule has 0 spiro atoms. The largest absolute Gasteiger partial charge is 0.508 e. The van der Waals surface area contributed by atoms with Crippen LogP contribution in [-0.2, 0) is 0 Å². The molecule has 1 N–H and O–H groups in total. The van der Waals surface area contributed by atoms with Crippen LogP contribution in [0.4, 0.5) is 11.4 Å². The van der Waals surface area contributed by atoms with E-state index in [4.69, 9.17) is 4.42 Å². The Bertz CT molecular complexity index is 1750. The quantitative estimate of drug-likeness (QED) is 0.128. The molecule has 0 bridgehead atoms. The molecular formula is C38H46ClN2O2+. The summed E-state index contributed by atoms with van der Waals surface area (Å²) in [4.78, 5) is 2.53. The van der Waals surface area contributed by atoms with E-state index in [9.17, 15) is 5.11 Å². The van der Waals surface area contributed by atoms with E-state index < -0.39 is 0 Å². The number of fused-ring (bicyclic) bond motifs is 3. The van der Waals surface area contributed by atoms with Crippen LogP contribution in [0.1, 0.15) is 65.0 Å². The molecule has 226 valence electrons.